The molecule has 4 heterocycles. The van der Waals surface area contributed by atoms with Crippen LogP contribution in [0.15, 0.2) is 73.1 Å². The van der Waals surface area contributed by atoms with Crippen molar-refractivity contribution in [2.24, 2.45) is 11.5 Å². The quantitative estimate of drug-likeness (QED) is 0.301. The predicted molar refractivity (Wildman–Crippen MR) is 141 cm³/mol. The smallest absolute Gasteiger partial charge is 0.143 e. The number of nitrogens with zero attached hydrogens (tertiary/aromatic N) is 4. The molecule has 0 aliphatic heterocycles. The van der Waals surface area contributed by atoms with Crippen molar-refractivity contribution in [3.05, 3.63) is 95.9 Å². The standard InChI is InChI=1S/2C13H10FN3S/c14-9-2-4-12-11(5-9)17-13(18-12)10-3-1-8(6-15)7-16-10;14-9-1-2-12-11(6-9)17-13(18-12)8-3-4-16-10(5-8)7-15/h1-5,7H,6,15H2;1-6H,7,15H2. The van der Waals surface area contributed by atoms with E-state index in [2.05, 4.69) is 19.9 Å². The molecule has 0 amide bonds. The lowest BCUT2D eigenvalue weighted by molar-refractivity contribution is 0.629. The molecule has 0 atom stereocenters. The lowest BCUT2D eigenvalue weighted by Crippen LogP contribution is -1.98. The maximum Gasteiger partial charge on any atom is 0.143 e. The third-order valence-corrected chi connectivity index (χ3v) is 7.40. The number of benzene rings is 2. The number of fused-ring (bicyclic) bond motifs is 2. The fourth-order valence-electron chi connectivity index (χ4n) is 3.43. The number of hydrogen-bond donors (Lipinski definition) is 2. The van der Waals surface area contributed by atoms with Gasteiger partial charge in [0, 0.05) is 43.2 Å². The van der Waals surface area contributed by atoms with E-state index in [4.69, 9.17) is 11.5 Å². The Balaban J connectivity index is 0.000000148. The highest BCUT2D eigenvalue weighted by atomic mass is 32.1. The summed E-state index contributed by atoms with van der Waals surface area (Å²) in [5.41, 5.74) is 16.0. The van der Waals surface area contributed by atoms with Crippen LogP contribution in [0.25, 0.3) is 41.7 Å². The van der Waals surface area contributed by atoms with Gasteiger partial charge in [0.05, 0.1) is 31.8 Å². The maximum atomic E-state index is 13.1. The zero-order chi connectivity index (χ0) is 25.1. The molecule has 0 unspecified atom stereocenters. The van der Waals surface area contributed by atoms with Crippen LogP contribution in [-0.4, -0.2) is 19.9 Å². The Bertz CT molecular complexity index is 1650. The molecule has 36 heavy (non-hydrogen) atoms. The first-order valence-corrected chi connectivity index (χ1v) is 12.6. The summed E-state index contributed by atoms with van der Waals surface area (Å²) in [6.45, 7) is 0.867. The molecular formula is C26H20F2N6S2. The van der Waals surface area contributed by atoms with E-state index in [9.17, 15) is 8.78 Å². The van der Waals surface area contributed by atoms with Crippen LogP contribution in [0, 0.1) is 11.6 Å². The minimum absolute atomic E-state index is 0.267. The lowest BCUT2D eigenvalue weighted by atomic mass is 10.2. The van der Waals surface area contributed by atoms with Crippen molar-refractivity contribution >= 4 is 43.1 Å². The SMILES string of the molecule is NCc1cc(-c2nc3cc(F)ccc3s2)ccn1.NCc1ccc(-c2nc3cc(F)ccc3s2)nc1. The molecular weight excluding hydrogens is 498 g/mol. The Kier molecular flexibility index (Phi) is 7.01. The van der Waals surface area contributed by atoms with Crippen molar-refractivity contribution in [1.82, 2.24) is 19.9 Å². The zero-order valence-corrected chi connectivity index (χ0v) is 20.5. The summed E-state index contributed by atoms with van der Waals surface area (Å²) in [4.78, 5) is 17.3. The summed E-state index contributed by atoms with van der Waals surface area (Å²) in [5, 5.41) is 1.65. The van der Waals surface area contributed by atoms with Gasteiger partial charge in [-0.05, 0) is 48.0 Å². The van der Waals surface area contributed by atoms with E-state index < -0.39 is 0 Å². The van der Waals surface area contributed by atoms with Crippen LogP contribution >= 0.6 is 22.7 Å². The third-order valence-electron chi connectivity index (χ3n) is 5.25. The summed E-state index contributed by atoms with van der Waals surface area (Å²) in [6, 6.07) is 16.9. The molecule has 6 aromatic rings. The van der Waals surface area contributed by atoms with Gasteiger partial charge in [0.15, 0.2) is 0 Å². The second kappa shape index (κ2) is 10.5. The van der Waals surface area contributed by atoms with Crippen molar-refractivity contribution < 1.29 is 8.78 Å². The molecule has 0 spiro atoms. The number of nitrogens with two attached hydrogens (primary N) is 2. The molecule has 2 aromatic carbocycles. The third kappa shape index (κ3) is 5.26. The number of pyridine rings is 2. The highest BCUT2D eigenvalue weighted by molar-refractivity contribution is 7.22. The maximum absolute atomic E-state index is 13.1. The molecule has 0 saturated heterocycles. The Morgan fingerprint density at radius 3 is 1.97 bits per heavy atom. The summed E-state index contributed by atoms with van der Waals surface area (Å²) < 4.78 is 28.1. The molecule has 6 rings (SSSR count). The summed E-state index contributed by atoms with van der Waals surface area (Å²) >= 11 is 3.03. The minimum Gasteiger partial charge on any atom is -0.326 e. The van der Waals surface area contributed by atoms with Crippen molar-refractivity contribution in [1.29, 1.82) is 0 Å². The van der Waals surface area contributed by atoms with Gasteiger partial charge in [-0.1, -0.05) is 6.07 Å². The molecule has 180 valence electrons. The number of thiazole rings is 2. The first-order valence-electron chi connectivity index (χ1n) is 11.0. The molecule has 4 N–H and O–H groups in total. The van der Waals surface area contributed by atoms with Gasteiger partial charge in [0.1, 0.15) is 21.6 Å². The van der Waals surface area contributed by atoms with Crippen LogP contribution in [0.1, 0.15) is 11.3 Å². The largest absolute Gasteiger partial charge is 0.326 e. The number of hydrogen-bond acceptors (Lipinski definition) is 8. The van der Waals surface area contributed by atoms with Gasteiger partial charge in [-0.2, -0.15) is 0 Å². The molecule has 0 saturated carbocycles. The molecule has 4 aromatic heterocycles. The van der Waals surface area contributed by atoms with Crippen LogP contribution < -0.4 is 11.5 Å². The average Bonchev–Trinajstić information content (AvgIpc) is 3.53. The first kappa shape index (κ1) is 24.0. The van der Waals surface area contributed by atoms with Gasteiger partial charge < -0.3 is 11.5 Å². The van der Waals surface area contributed by atoms with E-state index in [1.54, 1.807) is 24.5 Å². The molecule has 0 aliphatic carbocycles. The topological polar surface area (TPSA) is 104 Å². The van der Waals surface area contributed by atoms with E-state index in [0.29, 0.717) is 24.1 Å². The first-order chi connectivity index (χ1) is 17.5. The van der Waals surface area contributed by atoms with Crippen molar-refractivity contribution in [3.8, 4) is 21.3 Å². The van der Waals surface area contributed by atoms with E-state index in [1.165, 1.54) is 46.9 Å². The highest BCUT2D eigenvalue weighted by Gasteiger charge is 2.09. The van der Waals surface area contributed by atoms with Crippen molar-refractivity contribution in [3.63, 3.8) is 0 Å². The van der Waals surface area contributed by atoms with Gasteiger partial charge in [0.2, 0.25) is 0 Å². The molecule has 6 nitrogen and oxygen atoms in total. The Labute approximate surface area is 213 Å². The highest BCUT2D eigenvalue weighted by Crippen LogP contribution is 2.31. The molecule has 0 radical (unpaired) electrons. The molecule has 0 bridgehead atoms. The number of aromatic nitrogens is 4. The van der Waals surface area contributed by atoms with Crippen molar-refractivity contribution in [2.45, 2.75) is 13.1 Å². The Morgan fingerprint density at radius 1 is 0.694 bits per heavy atom. The van der Waals surface area contributed by atoms with Crippen LogP contribution in [-0.2, 0) is 13.1 Å². The number of halogens is 2. The molecule has 10 heteroatoms. The van der Waals surface area contributed by atoms with Crippen LogP contribution in [0.4, 0.5) is 8.78 Å². The van der Waals surface area contributed by atoms with E-state index in [-0.39, 0.29) is 11.6 Å². The Hall–Kier alpha value is -3.70. The average molecular weight is 519 g/mol. The van der Waals surface area contributed by atoms with Crippen molar-refractivity contribution in [2.75, 3.05) is 0 Å². The zero-order valence-electron chi connectivity index (χ0n) is 18.9. The van der Waals surface area contributed by atoms with Crippen LogP contribution in [0.2, 0.25) is 0 Å². The van der Waals surface area contributed by atoms with Gasteiger partial charge >= 0.3 is 0 Å². The second-order valence-corrected chi connectivity index (χ2v) is 9.82. The lowest BCUT2D eigenvalue weighted by Gasteiger charge is -1.98. The normalized spacial score (nSPS) is 11.0. The van der Waals surface area contributed by atoms with Crippen LogP contribution in [0.3, 0.4) is 0 Å². The summed E-state index contributed by atoms with van der Waals surface area (Å²) in [7, 11) is 0. The van der Waals surface area contributed by atoms with Crippen LogP contribution in [0.5, 0.6) is 0 Å². The molecule has 0 fully saturated rings. The summed E-state index contributed by atoms with van der Waals surface area (Å²) in [5.74, 6) is -0.539. The fraction of sp³-hybridized carbons (Fsp3) is 0.0769. The number of rotatable bonds is 4. The summed E-state index contributed by atoms with van der Waals surface area (Å²) in [6.07, 6.45) is 3.45. The Morgan fingerprint density at radius 2 is 1.36 bits per heavy atom. The molecule has 0 aliphatic rings. The van der Waals surface area contributed by atoms with E-state index in [0.717, 1.165) is 41.9 Å². The monoisotopic (exact) mass is 518 g/mol. The minimum atomic E-state index is -0.272. The van der Waals surface area contributed by atoms with E-state index in [1.807, 2.05) is 24.3 Å². The van der Waals surface area contributed by atoms with E-state index >= 15 is 0 Å². The second-order valence-electron chi connectivity index (χ2n) is 7.76. The predicted octanol–water partition coefficient (Wildman–Crippen LogP) is 5.91. The fourth-order valence-corrected chi connectivity index (χ4v) is 5.29. The van der Waals surface area contributed by atoms with Gasteiger partial charge in [-0.15, -0.1) is 22.7 Å². The van der Waals surface area contributed by atoms with Gasteiger partial charge in [0.25, 0.3) is 0 Å². The van der Waals surface area contributed by atoms with Gasteiger partial charge in [-0.3, -0.25) is 9.97 Å². The van der Waals surface area contributed by atoms with Gasteiger partial charge in [-0.25, -0.2) is 18.7 Å².